The molecule has 2 heterocycles. The normalized spacial score (nSPS) is 14.0. The molecule has 210 valence electrons. The number of ether oxygens (including phenoxy) is 1. The van der Waals surface area contributed by atoms with Gasteiger partial charge in [-0.2, -0.15) is 4.68 Å². The highest BCUT2D eigenvalue weighted by Gasteiger charge is 2.41. The van der Waals surface area contributed by atoms with Crippen molar-refractivity contribution in [3.63, 3.8) is 0 Å². The van der Waals surface area contributed by atoms with Gasteiger partial charge in [0.1, 0.15) is 6.61 Å². The fourth-order valence-electron chi connectivity index (χ4n) is 5.24. The molecule has 2 aromatic heterocycles. The zero-order valence-electron chi connectivity index (χ0n) is 22.7. The molecule has 1 fully saturated rings. The molecule has 8 nitrogen and oxygen atoms in total. The molecule has 0 bridgehead atoms. The molecule has 10 heteroatoms. The Balaban J connectivity index is 1.44. The summed E-state index contributed by atoms with van der Waals surface area (Å²) < 4.78 is 10.4. The van der Waals surface area contributed by atoms with E-state index >= 15 is 0 Å². The number of aromatic nitrogens is 4. The van der Waals surface area contributed by atoms with Crippen LogP contribution in [0, 0.1) is 0 Å². The number of fused-ring (bicyclic) bond motifs is 1. The highest BCUT2D eigenvalue weighted by atomic mass is 35.5. The van der Waals surface area contributed by atoms with Crippen LogP contribution in [0.2, 0.25) is 10.0 Å². The van der Waals surface area contributed by atoms with E-state index in [4.69, 9.17) is 33.7 Å². The van der Waals surface area contributed by atoms with E-state index in [1.54, 1.807) is 28.8 Å². The van der Waals surface area contributed by atoms with Crippen LogP contribution >= 0.6 is 23.2 Å². The lowest BCUT2D eigenvalue weighted by Crippen LogP contribution is -2.25. The minimum atomic E-state index is -0.269. The first-order valence-electron chi connectivity index (χ1n) is 13.5. The Kier molecular flexibility index (Phi) is 7.01. The first kappa shape index (κ1) is 27.3. The molecule has 0 amide bonds. The van der Waals surface area contributed by atoms with E-state index in [1.807, 2.05) is 49.5 Å². The summed E-state index contributed by atoms with van der Waals surface area (Å²) in [5, 5.41) is 6.48. The van der Waals surface area contributed by atoms with E-state index in [0.29, 0.717) is 51.5 Å². The van der Waals surface area contributed by atoms with E-state index in [-0.39, 0.29) is 23.3 Å². The topological polar surface area (TPSA) is 97.1 Å². The summed E-state index contributed by atoms with van der Waals surface area (Å²) in [5.74, 6) is 0.533. The molecule has 0 spiro atoms. The second-order valence-electron chi connectivity index (χ2n) is 10.7. The fourth-order valence-corrected chi connectivity index (χ4v) is 5.93. The summed E-state index contributed by atoms with van der Waals surface area (Å²) in [4.78, 5) is 27.2. The Morgan fingerprint density at radius 3 is 2.34 bits per heavy atom. The van der Waals surface area contributed by atoms with Gasteiger partial charge in [0.05, 0.1) is 28.0 Å². The van der Waals surface area contributed by atoms with E-state index in [0.717, 1.165) is 29.4 Å². The van der Waals surface area contributed by atoms with Crippen molar-refractivity contribution in [1.82, 2.24) is 18.9 Å². The highest BCUT2D eigenvalue weighted by Crippen LogP contribution is 2.50. The molecule has 1 saturated carbocycles. The lowest BCUT2D eigenvalue weighted by atomic mass is 9.94. The maximum Gasteiger partial charge on any atom is 0.350 e. The van der Waals surface area contributed by atoms with E-state index in [2.05, 4.69) is 12.0 Å². The molecule has 5 aromatic rings. The van der Waals surface area contributed by atoms with Gasteiger partial charge in [-0.1, -0.05) is 60.5 Å². The quantitative estimate of drug-likeness (QED) is 0.223. The third-order valence-electron chi connectivity index (χ3n) is 7.77. The number of nitrogens with zero attached hydrogens (tertiary/aromatic N) is 4. The van der Waals surface area contributed by atoms with Gasteiger partial charge in [-0.15, -0.1) is 5.10 Å². The Bertz CT molecular complexity index is 1880. The minimum Gasteiger partial charge on any atom is -0.399 e. The Morgan fingerprint density at radius 2 is 1.68 bits per heavy atom. The van der Waals surface area contributed by atoms with E-state index in [1.165, 1.54) is 9.25 Å². The molecule has 0 aliphatic heterocycles. The SMILES string of the molecule is CCn1c(COCc2ccccc2)nn(-c2ccc3c(=O)n(-c4c(Cl)cc(N)cc4Cl)cc(C4(C)CC4)c3c2)c1=O. The zero-order valence-corrected chi connectivity index (χ0v) is 24.2. The minimum absolute atomic E-state index is 0.122. The van der Waals surface area contributed by atoms with Crippen molar-refractivity contribution in [2.45, 2.75) is 51.9 Å². The standard InChI is InChI=1S/C31H29Cl2N5O3/c1-3-36-27(18-41-17-19-7-5-4-6-8-19)35-38(30(36)40)21-9-10-22-23(15-21)24(31(2)11-12-31)16-37(29(22)39)28-25(32)13-20(34)14-26(28)33/h4-10,13-16H,3,11-12,17-18,34H2,1-2H3. The molecular weight excluding hydrogens is 561 g/mol. The van der Waals surface area contributed by atoms with Crippen LogP contribution in [0.25, 0.3) is 22.1 Å². The molecule has 0 radical (unpaired) electrons. The van der Waals surface area contributed by atoms with E-state index < -0.39 is 0 Å². The monoisotopic (exact) mass is 589 g/mol. The van der Waals surface area contributed by atoms with Gasteiger partial charge >= 0.3 is 5.69 Å². The molecule has 0 atom stereocenters. The molecular formula is C31H29Cl2N5O3. The summed E-state index contributed by atoms with van der Waals surface area (Å²) >= 11 is 13.0. The molecule has 41 heavy (non-hydrogen) atoms. The Labute approximate surface area is 246 Å². The van der Waals surface area contributed by atoms with Crippen LogP contribution < -0.4 is 17.0 Å². The van der Waals surface area contributed by atoms with Crippen molar-refractivity contribution in [1.29, 1.82) is 0 Å². The lowest BCUT2D eigenvalue weighted by Gasteiger charge is -2.19. The number of hydrogen-bond acceptors (Lipinski definition) is 5. The molecule has 0 unspecified atom stereocenters. The summed E-state index contributed by atoms with van der Waals surface area (Å²) in [7, 11) is 0. The summed E-state index contributed by atoms with van der Waals surface area (Å²) in [6, 6.07) is 18.4. The summed E-state index contributed by atoms with van der Waals surface area (Å²) in [6.07, 6.45) is 3.77. The van der Waals surface area contributed by atoms with Crippen LogP contribution in [0.1, 0.15) is 43.6 Å². The van der Waals surface area contributed by atoms with Gasteiger partial charge < -0.3 is 10.5 Å². The number of pyridine rings is 1. The van der Waals surface area contributed by atoms with Crippen LogP contribution in [0.4, 0.5) is 5.69 Å². The number of nitrogen functional groups attached to an aromatic ring is 1. The van der Waals surface area contributed by atoms with Crippen LogP contribution in [-0.2, 0) is 29.9 Å². The van der Waals surface area contributed by atoms with Gasteiger partial charge in [0, 0.05) is 23.8 Å². The summed E-state index contributed by atoms with van der Waals surface area (Å²) in [5.41, 5.74) is 8.65. The Hall–Kier alpha value is -3.85. The Morgan fingerprint density at radius 1 is 0.976 bits per heavy atom. The van der Waals surface area contributed by atoms with E-state index in [9.17, 15) is 9.59 Å². The zero-order chi connectivity index (χ0) is 28.9. The number of nitrogens with two attached hydrogens (primary N) is 1. The van der Waals surface area contributed by atoms with Crippen molar-refractivity contribution in [2.75, 3.05) is 5.73 Å². The maximum atomic E-state index is 13.8. The fraction of sp³-hybridized carbons (Fsp3) is 0.258. The first-order chi connectivity index (χ1) is 19.7. The average molecular weight is 591 g/mol. The largest absolute Gasteiger partial charge is 0.399 e. The van der Waals surface area contributed by atoms with Gasteiger partial charge in [-0.3, -0.25) is 13.9 Å². The number of hydrogen-bond donors (Lipinski definition) is 1. The third kappa shape index (κ3) is 4.96. The van der Waals surface area contributed by atoms with Crippen molar-refractivity contribution < 1.29 is 4.74 Å². The maximum absolute atomic E-state index is 13.8. The molecule has 1 aliphatic rings. The second-order valence-corrected chi connectivity index (χ2v) is 11.5. The first-order valence-corrected chi connectivity index (χ1v) is 14.2. The molecule has 1 aliphatic carbocycles. The van der Waals surface area contributed by atoms with Gasteiger partial charge in [-0.25, -0.2) is 4.79 Å². The molecule has 0 saturated heterocycles. The molecule has 6 rings (SSSR count). The highest BCUT2D eigenvalue weighted by molar-refractivity contribution is 6.38. The van der Waals surface area contributed by atoms with Gasteiger partial charge in [0.25, 0.3) is 5.56 Å². The predicted molar refractivity (Wildman–Crippen MR) is 163 cm³/mol. The summed E-state index contributed by atoms with van der Waals surface area (Å²) in [6.45, 7) is 5.12. The van der Waals surface area contributed by atoms with Gasteiger partial charge in [0.15, 0.2) is 5.82 Å². The smallest absolute Gasteiger partial charge is 0.350 e. The van der Waals surface area contributed by atoms with Crippen LogP contribution in [0.15, 0.2) is 76.4 Å². The van der Waals surface area contributed by atoms with Gasteiger partial charge in [0.2, 0.25) is 0 Å². The van der Waals surface area contributed by atoms with Crippen LogP contribution in [0.5, 0.6) is 0 Å². The number of halogens is 2. The average Bonchev–Trinajstić information content (AvgIpc) is 3.62. The predicted octanol–water partition coefficient (Wildman–Crippen LogP) is 6.02. The number of rotatable bonds is 8. The third-order valence-corrected chi connectivity index (χ3v) is 8.35. The van der Waals surface area contributed by atoms with Crippen molar-refractivity contribution in [3.8, 4) is 11.4 Å². The van der Waals surface area contributed by atoms with Crippen molar-refractivity contribution in [3.05, 3.63) is 115 Å². The second kappa shape index (κ2) is 10.5. The van der Waals surface area contributed by atoms with Gasteiger partial charge in [-0.05, 0) is 72.0 Å². The van der Waals surface area contributed by atoms with Crippen molar-refractivity contribution >= 4 is 39.7 Å². The molecule has 3 aromatic carbocycles. The van der Waals surface area contributed by atoms with Crippen molar-refractivity contribution in [2.24, 2.45) is 0 Å². The number of benzene rings is 3. The van der Waals surface area contributed by atoms with Crippen LogP contribution in [-0.4, -0.2) is 18.9 Å². The molecule has 2 N–H and O–H groups in total. The van der Waals surface area contributed by atoms with Crippen LogP contribution in [0.3, 0.4) is 0 Å². The number of anilines is 1. The lowest BCUT2D eigenvalue weighted by molar-refractivity contribution is 0.0989.